The van der Waals surface area contributed by atoms with Gasteiger partial charge in [0.25, 0.3) is 6.43 Å². The summed E-state index contributed by atoms with van der Waals surface area (Å²) >= 11 is 5.16. The Labute approximate surface area is 111 Å². The number of hydrogen-bond donors (Lipinski definition) is 0. The normalized spacial score (nSPS) is 12.9. The van der Waals surface area contributed by atoms with E-state index in [0.29, 0.717) is 0 Å². The van der Waals surface area contributed by atoms with Gasteiger partial charge < -0.3 is 4.74 Å². The van der Waals surface area contributed by atoms with Gasteiger partial charge in [-0.05, 0) is 6.07 Å². The first kappa shape index (κ1) is 16.7. The van der Waals surface area contributed by atoms with Crippen molar-refractivity contribution in [1.29, 1.82) is 0 Å². The Morgan fingerprint density at radius 2 is 1.70 bits per heavy atom. The van der Waals surface area contributed by atoms with Crippen LogP contribution in [0.25, 0.3) is 0 Å². The van der Waals surface area contributed by atoms with Crippen molar-refractivity contribution in [3.05, 3.63) is 23.0 Å². The maximum absolute atomic E-state index is 12.5. The van der Waals surface area contributed by atoms with Crippen LogP contribution in [0.5, 0.6) is 5.75 Å². The number of halogens is 9. The third-order valence-corrected chi connectivity index (χ3v) is 2.21. The van der Waals surface area contributed by atoms with Crippen LogP contribution in [0.3, 0.4) is 0 Å². The summed E-state index contributed by atoms with van der Waals surface area (Å²) in [6.07, 6.45) is -14.2. The fourth-order valence-electron chi connectivity index (χ4n) is 1.25. The molecule has 0 aliphatic rings. The van der Waals surface area contributed by atoms with Crippen molar-refractivity contribution >= 4 is 11.6 Å². The monoisotopic (exact) mass is 329 g/mol. The molecule has 0 radical (unpaired) electrons. The lowest BCUT2D eigenvalue weighted by molar-refractivity contribution is -0.276. The van der Waals surface area contributed by atoms with Gasteiger partial charge in [-0.2, -0.15) is 13.2 Å². The lowest BCUT2D eigenvalue weighted by Crippen LogP contribution is -2.22. The van der Waals surface area contributed by atoms with Gasteiger partial charge in [0, 0.05) is 5.56 Å². The van der Waals surface area contributed by atoms with Crippen LogP contribution in [0.15, 0.2) is 6.07 Å². The zero-order chi connectivity index (χ0) is 15.7. The lowest BCUT2D eigenvalue weighted by atomic mass is 10.1. The summed E-state index contributed by atoms with van der Waals surface area (Å²) in [6.45, 7) is 0. The van der Waals surface area contributed by atoms with Crippen LogP contribution >= 0.6 is 11.6 Å². The van der Waals surface area contributed by atoms with Gasteiger partial charge in [-0.15, -0.1) is 24.8 Å². The van der Waals surface area contributed by atoms with Crippen LogP contribution in [0.1, 0.15) is 23.4 Å². The number of alkyl halides is 9. The van der Waals surface area contributed by atoms with Crippen LogP contribution in [0.2, 0.25) is 0 Å². The highest BCUT2D eigenvalue weighted by Crippen LogP contribution is 2.40. The Bertz CT molecular complexity index is 484. The van der Waals surface area contributed by atoms with Crippen molar-refractivity contribution in [2.75, 3.05) is 0 Å². The molecule has 1 rings (SSSR count). The summed E-state index contributed by atoms with van der Waals surface area (Å²) in [4.78, 5) is 2.71. The van der Waals surface area contributed by atoms with Gasteiger partial charge >= 0.3 is 12.5 Å². The molecule has 11 heteroatoms. The summed E-state index contributed by atoms with van der Waals surface area (Å²) in [7, 11) is 0. The van der Waals surface area contributed by atoms with E-state index in [1.807, 2.05) is 0 Å². The predicted octanol–water partition coefficient (Wildman–Crippen LogP) is 4.68. The maximum Gasteiger partial charge on any atom is 0.573 e. The van der Waals surface area contributed by atoms with Gasteiger partial charge in [-0.25, -0.2) is 13.8 Å². The van der Waals surface area contributed by atoms with E-state index < -0.39 is 47.5 Å². The molecule has 0 aliphatic heterocycles. The minimum Gasteiger partial charge on any atom is -0.403 e. The van der Waals surface area contributed by atoms with Crippen molar-refractivity contribution in [2.45, 2.75) is 24.8 Å². The number of nitrogens with zero attached hydrogens (tertiary/aromatic N) is 1. The van der Waals surface area contributed by atoms with E-state index >= 15 is 0 Å². The summed E-state index contributed by atoms with van der Waals surface area (Å²) < 4.78 is 102. The van der Waals surface area contributed by atoms with Gasteiger partial charge in [0.1, 0.15) is 0 Å². The van der Waals surface area contributed by atoms with Crippen molar-refractivity contribution in [3.8, 4) is 5.75 Å². The van der Waals surface area contributed by atoms with Gasteiger partial charge in [-0.1, -0.05) is 0 Å². The summed E-state index contributed by atoms with van der Waals surface area (Å²) in [5, 5.41) is 0. The largest absolute Gasteiger partial charge is 0.573 e. The molecule has 20 heavy (non-hydrogen) atoms. The molecule has 1 heterocycles. The third kappa shape index (κ3) is 4.09. The molecular weight excluding hydrogens is 326 g/mol. The van der Waals surface area contributed by atoms with E-state index in [1.165, 1.54) is 0 Å². The molecule has 0 bridgehead atoms. The van der Waals surface area contributed by atoms with Crippen LogP contribution in [-0.2, 0) is 12.1 Å². The Hall–Kier alpha value is -1.32. The topological polar surface area (TPSA) is 22.1 Å². The highest BCUT2D eigenvalue weighted by Gasteiger charge is 2.42. The van der Waals surface area contributed by atoms with Gasteiger partial charge in [-0.3, -0.25) is 0 Å². The van der Waals surface area contributed by atoms with Gasteiger partial charge in [0.15, 0.2) is 11.4 Å². The lowest BCUT2D eigenvalue weighted by Gasteiger charge is -2.17. The Kier molecular flexibility index (Phi) is 4.67. The van der Waals surface area contributed by atoms with Crippen LogP contribution < -0.4 is 4.74 Å². The molecule has 0 aliphatic carbocycles. The molecule has 1 aromatic heterocycles. The average molecular weight is 330 g/mol. The molecule has 0 aromatic carbocycles. The molecule has 0 saturated carbocycles. The Morgan fingerprint density at radius 1 is 1.15 bits per heavy atom. The SMILES string of the molecule is FC(F)c1cc(OC(F)(F)F)c(C(F)(F)F)nc1CCl. The van der Waals surface area contributed by atoms with Crippen molar-refractivity contribution in [3.63, 3.8) is 0 Å². The number of rotatable bonds is 3. The molecule has 0 unspecified atom stereocenters. The molecule has 0 amide bonds. The fourth-order valence-corrected chi connectivity index (χ4v) is 1.46. The second-order valence-electron chi connectivity index (χ2n) is 3.35. The van der Waals surface area contributed by atoms with Crippen molar-refractivity contribution in [1.82, 2.24) is 4.98 Å². The first-order valence-corrected chi connectivity index (χ1v) is 5.20. The third-order valence-electron chi connectivity index (χ3n) is 1.96. The quantitative estimate of drug-likeness (QED) is 0.593. The molecule has 0 N–H and O–H groups in total. The molecule has 1 aromatic rings. The summed E-state index contributed by atoms with van der Waals surface area (Å²) in [5.74, 6) is -2.68. The second kappa shape index (κ2) is 5.58. The Morgan fingerprint density at radius 3 is 2.05 bits per heavy atom. The van der Waals surface area contributed by atoms with Gasteiger partial charge in [0.05, 0.1) is 11.6 Å². The zero-order valence-electron chi connectivity index (χ0n) is 9.12. The van der Waals surface area contributed by atoms with E-state index in [-0.39, 0.29) is 6.07 Å². The predicted molar refractivity (Wildman–Crippen MR) is 50.4 cm³/mol. The average Bonchev–Trinajstić information content (AvgIpc) is 2.24. The minimum absolute atomic E-state index is 0.0638. The first-order valence-electron chi connectivity index (χ1n) is 4.66. The molecule has 114 valence electrons. The standard InChI is InChI=1S/C9H4ClF8NO/c10-2-4-3(7(11)12)1-5(20-9(16,17)18)6(19-4)8(13,14)15/h1,7H,2H2. The van der Waals surface area contributed by atoms with E-state index in [0.717, 1.165) is 0 Å². The maximum atomic E-state index is 12.5. The van der Waals surface area contributed by atoms with Crippen LogP contribution in [-0.4, -0.2) is 11.3 Å². The van der Waals surface area contributed by atoms with Crippen LogP contribution in [0, 0.1) is 0 Å². The molecular formula is C9H4ClF8NO. The Balaban J connectivity index is 3.48. The van der Waals surface area contributed by atoms with E-state index in [9.17, 15) is 35.1 Å². The van der Waals surface area contributed by atoms with Crippen molar-refractivity contribution in [2.24, 2.45) is 0 Å². The van der Waals surface area contributed by atoms with Crippen LogP contribution in [0.4, 0.5) is 35.1 Å². The smallest absolute Gasteiger partial charge is 0.403 e. The molecule has 2 nitrogen and oxygen atoms in total. The highest BCUT2D eigenvalue weighted by atomic mass is 35.5. The fraction of sp³-hybridized carbons (Fsp3) is 0.444. The highest BCUT2D eigenvalue weighted by molar-refractivity contribution is 6.17. The molecule has 0 atom stereocenters. The number of pyridine rings is 1. The summed E-state index contributed by atoms with van der Waals surface area (Å²) in [5.41, 5.74) is -4.11. The first-order chi connectivity index (χ1) is 8.95. The minimum atomic E-state index is -5.48. The van der Waals surface area contributed by atoms with E-state index in [4.69, 9.17) is 11.6 Å². The van der Waals surface area contributed by atoms with Gasteiger partial charge in [0.2, 0.25) is 0 Å². The number of ether oxygens (including phenoxy) is 1. The van der Waals surface area contributed by atoms with E-state index in [2.05, 4.69) is 9.72 Å². The molecule has 0 spiro atoms. The number of aromatic nitrogens is 1. The molecule has 0 fully saturated rings. The summed E-state index contributed by atoms with van der Waals surface area (Å²) in [6, 6.07) is -0.0638. The zero-order valence-corrected chi connectivity index (χ0v) is 9.87. The second-order valence-corrected chi connectivity index (χ2v) is 3.62. The van der Waals surface area contributed by atoms with Crippen molar-refractivity contribution < 1.29 is 39.9 Å². The molecule has 0 saturated heterocycles. The number of hydrogen-bond acceptors (Lipinski definition) is 2. The van der Waals surface area contributed by atoms with E-state index in [1.54, 1.807) is 0 Å².